The zero-order chi connectivity index (χ0) is 31.5. The topological polar surface area (TPSA) is 106 Å². The van der Waals surface area contributed by atoms with Crippen molar-refractivity contribution in [2.75, 3.05) is 60.9 Å². The highest BCUT2D eigenvalue weighted by atomic mass is 19.1. The molecule has 1 spiro atoms. The van der Waals surface area contributed by atoms with Crippen molar-refractivity contribution in [1.29, 1.82) is 0 Å². The summed E-state index contributed by atoms with van der Waals surface area (Å²) < 4.78 is 30.8. The van der Waals surface area contributed by atoms with Crippen LogP contribution in [0.5, 0.6) is 0 Å². The molecule has 3 fully saturated rings. The molecule has 3 saturated heterocycles. The summed E-state index contributed by atoms with van der Waals surface area (Å²) >= 11 is 0. The van der Waals surface area contributed by atoms with Crippen LogP contribution >= 0.6 is 0 Å². The maximum atomic E-state index is 15.5. The Morgan fingerprint density at radius 2 is 1.80 bits per heavy atom. The van der Waals surface area contributed by atoms with Crippen LogP contribution in [-0.4, -0.2) is 77.1 Å². The Morgan fingerprint density at radius 3 is 2.50 bits per heavy atom. The van der Waals surface area contributed by atoms with Gasteiger partial charge in [0.25, 0.3) is 0 Å². The fourth-order valence-electron chi connectivity index (χ4n) is 6.48. The lowest BCUT2D eigenvalue weighted by molar-refractivity contribution is -0.123. The number of likely N-dealkylation sites (tertiary alicyclic amines) is 1. The fraction of sp³-hybridized carbons (Fsp3) is 0.594. The highest BCUT2D eigenvalue weighted by molar-refractivity contribution is 5.84. The van der Waals surface area contributed by atoms with Gasteiger partial charge in [0.05, 0.1) is 17.8 Å². The number of benzene rings is 1. The Balaban J connectivity index is 1.22. The van der Waals surface area contributed by atoms with Gasteiger partial charge in [-0.15, -0.1) is 0 Å². The normalized spacial score (nSPS) is 20.5. The van der Waals surface area contributed by atoms with Crippen LogP contribution in [0.2, 0.25) is 0 Å². The molecule has 0 atom stereocenters. The maximum absolute atomic E-state index is 15.5. The standard InChI is InChI=1S/C32H47F2N9O/c1-5-10-43(35)18-23(2)38-28-17-29(37-22-36-28)41-13-8-32(9-14-41)21-42(20-30(44)39-32)27-16-25(33)24(15-26(27)34)19-40-11-6-31(3,4)7-12-40/h15-18,22H,5-14,19-21,35H2,1-4H3,(H,39,44)(H,36,37,38)/b23-18+. The molecule has 1 aromatic carbocycles. The van der Waals surface area contributed by atoms with E-state index in [0.717, 1.165) is 50.4 Å². The molecule has 240 valence electrons. The summed E-state index contributed by atoms with van der Waals surface area (Å²) in [5, 5.41) is 8.08. The predicted octanol–water partition coefficient (Wildman–Crippen LogP) is 4.21. The molecule has 0 bridgehead atoms. The molecule has 0 saturated carbocycles. The van der Waals surface area contributed by atoms with Gasteiger partial charge in [-0.2, -0.15) is 0 Å². The number of anilines is 3. The third kappa shape index (κ3) is 7.76. The summed E-state index contributed by atoms with van der Waals surface area (Å²) in [6, 6.07) is 4.49. The second-order valence-corrected chi connectivity index (χ2v) is 13.4. The molecule has 3 aliphatic heterocycles. The third-order valence-corrected chi connectivity index (χ3v) is 9.16. The van der Waals surface area contributed by atoms with E-state index >= 15 is 8.78 Å². The number of hydrogen-bond donors (Lipinski definition) is 3. The largest absolute Gasteiger partial charge is 0.357 e. The van der Waals surface area contributed by atoms with Crippen LogP contribution < -0.4 is 26.3 Å². The number of nitrogens with one attached hydrogen (secondary N) is 2. The lowest BCUT2D eigenvalue weighted by atomic mass is 9.82. The number of piperidine rings is 2. The van der Waals surface area contributed by atoms with Gasteiger partial charge < -0.3 is 25.4 Å². The molecule has 4 N–H and O–H groups in total. The van der Waals surface area contributed by atoms with Crippen molar-refractivity contribution < 1.29 is 13.6 Å². The number of rotatable bonds is 9. The first kappa shape index (κ1) is 31.9. The minimum absolute atomic E-state index is 0.00529. The van der Waals surface area contributed by atoms with Crippen molar-refractivity contribution in [2.45, 2.75) is 71.9 Å². The number of nitrogens with zero attached hydrogens (tertiary/aromatic N) is 6. The average Bonchev–Trinajstić information content (AvgIpc) is 2.96. The molecule has 1 aromatic heterocycles. The smallest absolute Gasteiger partial charge is 0.240 e. The highest BCUT2D eigenvalue weighted by Crippen LogP contribution is 2.34. The van der Waals surface area contributed by atoms with Crippen LogP contribution in [0.3, 0.4) is 0 Å². The summed E-state index contributed by atoms with van der Waals surface area (Å²) in [6.07, 6.45) is 7.68. The Hall–Kier alpha value is -3.51. The molecule has 2 aromatic rings. The number of hydrazine groups is 1. The van der Waals surface area contributed by atoms with Crippen molar-refractivity contribution in [3.05, 3.63) is 53.6 Å². The number of nitrogens with two attached hydrogens (primary N) is 1. The van der Waals surface area contributed by atoms with E-state index in [9.17, 15) is 4.79 Å². The van der Waals surface area contributed by atoms with E-state index in [2.05, 4.69) is 51.2 Å². The molecule has 44 heavy (non-hydrogen) atoms. The first-order valence-corrected chi connectivity index (χ1v) is 15.7. The van der Waals surface area contributed by atoms with Gasteiger partial charge in [0.2, 0.25) is 5.91 Å². The molecule has 0 unspecified atom stereocenters. The number of allylic oxidation sites excluding steroid dienone is 1. The quantitative estimate of drug-likeness (QED) is 0.284. The van der Waals surface area contributed by atoms with Crippen LogP contribution in [0, 0.1) is 17.0 Å². The first-order chi connectivity index (χ1) is 20.9. The fourth-order valence-corrected chi connectivity index (χ4v) is 6.48. The van der Waals surface area contributed by atoms with Gasteiger partial charge in [0, 0.05) is 62.3 Å². The second-order valence-electron chi connectivity index (χ2n) is 13.4. The zero-order valence-electron chi connectivity index (χ0n) is 26.5. The number of hydrogen-bond acceptors (Lipinski definition) is 9. The van der Waals surface area contributed by atoms with Crippen molar-refractivity contribution >= 4 is 23.2 Å². The number of carbonyl (C=O) groups excluding carboxylic acids is 1. The van der Waals surface area contributed by atoms with Gasteiger partial charge in [0.1, 0.15) is 29.6 Å². The van der Waals surface area contributed by atoms with Gasteiger partial charge in [-0.1, -0.05) is 20.8 Å². The minimum Gasteiger partial charge on any atom is -0.357 e. The van der Waals surface area contributed by atoms with Crippen LogP contribution in [0.1, 0.15) is 65.4 Å². The van der Waals surface area contributed by atoms with Gasteiger partial charge in [-0.25, -0.2) is 24.6 Å². The number of carbonyl (C=O) groups is 1. The van der Waals surface area contributed by atoms with E-state index in [-0.39, 0.29) is 23.6 Å². The molecule has 10 nitrogen and oxygen atoms in total. The Kier molecular flexibility index (Phi) is 9.59. The first-order valence-electron chi connectivity index (χ1n) is 15.7. The molecular weight excluding hydrogens is 564 g/mol. The minimum atomic E-state index is -0.536. The zero-order valence-corrected chi connectivity index (χ0v) is 26.5. The maximum Gasteiger partial charge on any atom is 0.240 e. The Bertz CT molecular complexity index is 1350. The lowest BCUT2D eigenvalue weighted by Crippen LogP contribution is -2.66. The summed E-state index contributed by atoms with van der Waals surface area (Å²) in [7, 11) is 0. The van der Waals surface area contributed by atoms with E-state index in [4.69, 9.17) is 5.84 Å². The summed E-state index contributed by atoms with van der Waals surface area (Å²) in [4.78, 5) is 27.7. The number of halogens is 2. The van der Waals surface area contributed by atoms with Crippen LogP contribution in [0.25, 0.3) is 0 Å². The number of aromatic nitrogens is 2. The van der Waals surface area contributed by atoms with E-state index in [0.29, 0.717) is 50.4 Å². The summed E-state index contributed by atoms with van der Waals surface area (Å²) in [5.41, 5.74) is 1.12. The van der Waals surface area contributed by atoms with Gasteiger partial charge in [-0.3, -0.25) is 9.69 Å². The van der Waals surface area contributed by atoms with Gasteiger partial charge >= 0.3 is 0 Å². The predicted molar refractivity (Wildman–Crippen MR) is 170 cm³/mol. The lowest BCUT2D eigenvalue weighted by Gasteiger charge is -2.48. The van der Waals surface area contributed by atoms with E-state index in [1.165, 1.54) is 18.5 Å². The SMILES string of the molecule is CCCN(N)/C=C(\C)Nc1cc(N2CCC3(CC2)CN(c2cc(F)c(CN4CCC(C)(C)CC4)cc2F)CC(=O)N3)ncn1. The third-order valence-electron chi connectivity index (χ3n) is 9.16. The van der Waals surface area contributed by atoms with Crippen LogP contribution in [0.4, 0.5) is 26.1 Å². The van der Waals surface area contributed by atoms with Crippen LogP contribution in [0.15, 0.2) is 36.4 Å². The van der Waals surface area contributed by atoms with E-state index < -0.39 is 17.2 Å². The van der Waals surface area contributed by atoms with Crippen molar-refractivity contribution in [3.8, 4) is 0 Å². The number of amides is 1. The summed E-state index contributed by atoms with van der Waals surface area (Å²) in [6.45, 7) is 13.1. The summed E-state index contributed by atoms with van der Waals surface area (Å²) in [5.74, 6) is 6.32. The average molecular weight is 612 g/mol. The molecule has 12 heteroatoms. The Morgan fingerprint density at radius 1 is 1.07 bits per heavy atom. The van der Waals surface area contributed by atoms with Crippen molar-refractivity contribution in [2.24, 2.45) is 11.3 Å². The molecule has 1 amide bonds. The molecule has 5 rings (SSSR count). The monoisotopic (exact) mass is 611 g/mol. The van der Waals surface area contributed by atoms with Gasteiger partial charge in [-0.05, 0) is 63.6 Å². The van der Waals surface area contributed by atoms with Crippen molar-refractivity contribution in [3.63, 3.8) is 0 Å². The Labute approximate surface area is 259 Å². The molecule has 0 radical (unpaired) electrons. The van der Waals surface area contributed by atoms with Crippen molar-refractivity contribution in [1.82, 2.24) is 25.2 Å². The molecule has 0 aliphatic carbocycles. The molecular formula is C32H47F2N9O. The van der Waals surface area contributed by atoms with Crippen LogP contribution in [-0.2, 0) is 11.3 Å². The number of piperazine rings is 1. The van der Waals surface area contributed by atoms with Gasteiger partial charge in [0.15, 0.2) is 0 Å². The van der Waals surface area contributed by atoms with E-state index in [1.54, 1.807) is 9.91 Å². The molecule has 3 aliphatic rings. The highest BCUT2D eigenvalue weighted by Gasteiger charge is 2.42. The van der Waals surface area contributed by atoms with E-state index in [1.807, 2.05) is 19.2 Å². The second kappa shape index (κ2) is 13.2. The molecule has 4 heterocycles.